The van der Waals surface area contributed by atoms with E-state index in [4.69, 9.17) is 0 Å². The van der Waals surface area contributed by atoms with Crippen molar-refractivity contribution in [3.05, 3.63) is 0 Å². The van der Waals surface area contributed by atoms with Crippen molar-refractivity contribution < 1.29 is 4.79 Å². The van der Waals surface area contributed by atoms with E-state index < -0.39 is 0 Å². The summed E-state index contributed by atoms with van der Waals surface area (Å²) >= 11 is 0. The Kier molecular flexibility index (Phi) is 4.99. The Balaban J connectivity index is 3.67. The monoisotopic (exact) mass is 143 g/mol. The average Bonchev–Trinajstić information content (AvgIpc) is 1.99. The number of hydrogen-bond donors (Lipinski definition) is 0. The van der Waals surface area contributed by atoms with Crippen LogP contribution in [0.15, 0.2) is 0 Å². The van der Waals surface area contributed by atoms with Gasteiger partial charge in [-0.2, -0.15) is 0 Å². The summed E-state index contributed by atoms with van der Waals surface area (Å²) in [5.74, 6) is 0. The first-order valence-corrected chi connectivity index (χ1v) is 3.97. The first-order chi connectivity index (χ1) is 4.76. The molecule has 0 spiro atoms. The summed E-state index contributed by atoms with van der Waals surface area (Å²) in [6.07, 6.45) is 3.03. The second-order valence-corrected chi connectivity index (χ2v) is 2.60. The predicted molar refractivity (Wildman–Crippen MR) is 42.8 cm³/mol. The highest BCUT2D eigenvalue weighted by Gasteiger charge is 2.06. The van der Waals surface area contributed by atoms with Gasteiger partial charge in [0.15, 0.2) is 0 Å². The molecule has 10 heavy (non-hydrogen) atoms. The number of amides is 1. The number of carbonyl (C=O) groups excluding carboxylic acids is 1. The largest absolute Gasteiger partial charge is 0.343 e. The molecule has 0 saturated heterocycles. The highest BCUT2D eigenvalue weighted by atomic mass is 16.1. The smallest absolute Gasteiger partial charge is 0.209 e. The second-order valence-electron chi connectivity index (χ2n) is 2.60. The molecule has 0 aromatic rings. The van der Waals surface area contributed by atoms with Gasteiger partial charge >= 0.3 is 0 Å². The lowest BCUT2D eigenvalue weighted by Crippen LogP contribution is -2.31. The first kappa shape index (κ1) is 9.47. The van der Waals surface area contributed by atoms with Crippen LogP contribution in [0, 0.1) is 0 Å². The maximum atomic E-state index is 10.4. The van der Waals surface area contributed by atoms with Gasteiger partial charge in [0, 0.05) is 12.6 Å². The van der Waals surface area contributed by atoms with Crippen LogP contribution in [0.2, 0.25) is 0 Å². The molecular formula is C8H17NO. The van der Waals surface area contributed by atoms with Crippen molar-refractivity contribution in [1.29, 1.82) is 0 Å². The lowest BCUT2D eigenvalue weighted by molar-refractivity contribution is -0.120. The van der Waals surface area contributed by atoms with Gasteiger partial charge in [0.2, 0.25) is 6.41 Å². The topological polar surface area (TPSA) is 20.3 Å². The molecule has 0 aromatic heterocycles. The molecule has 1 unspecified atom stereocenters. The van der Waals surface area contributed by atoms with E-state index in [1.807, 2.05) is 4.90 Å². The molecule has 0 saturated carbocycles. The van der Waals surface area contributed by atoms with E-state index in [1.54, 1.807) is 0 Å². The number of rotatable bonds is 5. The second kappa shape index (κ2) is 5.27. The van der Waals surface area contributed by atoms with Gasteiger partial charge in [0.25, 0.3) is 0 Å². The summed E-state index contributed by atoms with van der Waals surface area (Å²) in [4.78, 5) is 12.3. The third kappa shape index (κ3) is 2.85. The molecule has 0 radical (unpaired) electrons. The van der Waals surface area contributed by atoms with E-state index in [9.17, 15) is 4.79 Å². The molecule has 60 valence electrons. The Hall–Kier alpha value is -0.530. The summed E-state index contributed by atoms with van der Waals surface area (Å²) < 4.78 is 0. The highest BCUT2D eigenvalue weighted by molar-refractivity contribution is 5.47. The molecule has 0 fully saturated rings. The van der Waals surface area contributed by atoms with Crippen LogP contribution in [0.1, 0.15) is 33.6 Å². The van der Waals surface area contributed by atoms with Crippen LogP contribution in [0.4, 0.5) is 0 Å². The van der Waals surface area contributed by atoms with Crippen molar-refractivity contribution in [1.82, 2.24) is 4.90 Å². The summed E-state index contributed by atoms with van der Waals surface area (Å²) in [6.45, 7) is 7.14. The average molecular weight is 143 g/mol. The van der Waals surface area contributed by atoms with Crippen LogP contribution >= 0.6 is 0 Å². The van der Waals surface area contributed by atoms with Crippen LogP contribution in [0.3, 0.4) is 0 Å². The molecule has 0 bridgehead atoms. The van der Waals surface area contributed by atoms with Crippen molar-refractivity contribution >= 4 is 6.41 Å². The van der Waals surface area contributed by atoms with Gasteiger partial charge in [-0.3, -0.25) is 4.79 Å². The van der Waals surface area contributed by atoms with Crippen molar-refractivity contribution in [2.24, 2.45) is 0 Å². The van der Waals surface area contributed by atoms with Crippen LogP contribution in [0.25, 0.3) is 0 Å². The van der Waals surface area contributed by atoms with Crippen LogP contribution in [-0.2, 0) is 4.79 Å². The van der Waals surface area contributed by atoms with E-state index in [0.29, 0.717) is 6.04 Å². The molecule has 1 atom stereocenters. The van der Waals surface area contributed by atoms with E-state index >= 15 is 0 Å². The minimum Gasteiger partial charge on any atom is -0.343 e. The number of carbonyl (C=O) groups is 1. The van der Waals surface area contributed by atoms with E-state index in [-0.39, 0.29) is 0 Å². The fourth-order valence-electron chi connectivity index (χ4n) is 0.870. The molecule has 0 rings (SSSR count). The van der Waals surface area contributed by atoms with Crippen molar-refractivity contribution in [2.45, 2.75) is 39.7 Å². The molecule has 0 aliphatic carbocycles. The first-order valence-electron chi connectivity index (χ1n) is 3.97. The van der Waals surface area contributed by atoms with Crippen molar-refractivity contribution in [3.63, 3.8) is 0 Å². The van der Waals surface area contributed by atoms with Gasteiger partial charge in [-0.15, -0.1) is 0 Å². The van der Waals surface area contributed by atoms with Crippen LogP contribution in [-0.4, -0.2) is 23.9 Å². The van der Waals surface area contributed by atoms with E-state index in [0.717, 1.165) is 25.8 Å². The maximum absolute atomic E-state index is 10.4. The lowest BCUT2D eigenvalue weighted by Gasteiger charge is -2.22. The van der Waals surface area contributed by atoms with Gasteiger partial charge < -0.3 is 4.90 Å². The van der Waals surface area contributed by atoms with Crippen molar-refractivity contribution in [3.8, 4) is 0 Å². The summed E-state index contributed by atoms with van der Waals surface area (Å²) in [6, 6.07) is 0.400. The Morgan fingerprint density at radius 1 is 1.50 bits per heavy atom. The fourth-order valence-corrected chi connectivity index (χ4v) is 0.870. The Labute approximate surface area is 63.2 Å². The third-order valence-electron chi connectivity index (χ3n) is 1.77. The van der Waals surface area contributed by atoms with Gasteiger partial charge in [0.1, 0.15) is 0 Å². The van der Waals surface area contributed by atoms with Gasteiger partial charge in [-0.1, -0.05) is 13.8 Å². The van der Waals surface area contributed by atoms with Crippen LogP contribution in [0.5, 0.6) is 0 Å². The Bertz CT molecular complexity index is 93.3. The lowest BCUT2D eigenvalue weighted by atomic mass is 10.2. The molecule has 2 heteroatoms. The van der Waals surface area contributed by atoms with E-state index in [1.165, 1.54) is 0 Å². The molecule has 2 nitrogen and oxygen atoms in total. The van der Waals surface area contributed by atoms with Crippen molar-refractivity contribution in [2.75, 3.05) is 6.54 Å². The Morgan fingerprint density at radius 2 is 2.10 bits per heavy atom. The van der Waals surface area contributed by atoms with Gasteiger partial charge in [-0.25, -0.2) is 0 Å². The minimum atomic E-state index is 0.400. The molecule has 0 heterocycles. The molecule has 1 amide bonds. The number of hydrogen-bond acceptors (Lipinski definition) is 1. The standard InChI is InChI=1S/C8H17NO/c1-4-6-9(7-10)8(3)5-2/h7-8H,4-6H2,1-3H3. The SMILES string of the molecule is CCCN(C=O)C(C)CC. The summed E-state index contributed by atoms with van der Waals surface area (Å²) in [5, 5.41) is 0. The third-order valence-corrected chi connectivity index (χ3v) is 1.77. The van der Waals surface area contributed by atoms with Crippen LogP contribution < -0.4 is 0 Å². The van der Waals surface area contributed by atoms with Gasteiger partial charge in [0.05, 0.1) is 0 Å². The molecule has 0 aromatic carbocycles. The van der Waals surface area contributed by atoms with Gasteiger partial charge in [-0.05, 0) is 19.8 Å². The maximum Gasteiger partial charge on any atom is 0.209 e. The highest BCUT2D eigenvalue weighted by Crippen LogP contribution is 2.00. The summed E-state index contributed by atoms with van der Waals surface area (Å²) in [7, 11) is 0. The zero-order valence-corrected chi connectivity index (χ0v) is 7.13. The molecular weight excluding hydrogens is 126 g/mol. The Morgan fingerprint density at radius 3 is 2.40 bits per heavy atom. The quantitative estimate of drug-likeness (QED) is 0.536. The molecule has 0 aliphatic rings. The normalized spacial score (nSPS) is 12.7. The zero-order chi connectivity index (χ0) is 7.98. The fraction of sp³-hybridized carbons (Fsp3) is 0.875. The minimum absolute atomic E-state index is 0.400. The molecule has 0 aliphatic heterocycles. The zero-order valence-electron chi connectivity index (χ0n) is 7.13. The predicted octanol–water partition coefficient (Wildman–Crippen LogP) is 1.65. The van der Waals surface area contributed by atoms with E-state index in [2.05, 4.69) is 20.8 Å². The summed E-state index contributed by atoms with van der Waals surface area (Å²) in [5.41, 5.74) is 0. The molecule has 0 N–H and O–H groups in total. The number of nitrogens with zero attached hydrogens (tertiary/aromatic N) is 1.